The molecule has 3 aromatic rings. The number of aromatic nitrogens is 3. The Kier molecular flexibility index (Phi) is 4.25. The van der Waals surface area contributed by atoms with Gasteiger partial charge in [-0.15, -0.1) is 0 Å². The normalized spacial score (nSPS) is 23.6. The van der Waals surface area contributed by atoms with Crippen molar-refractivity contribution in [1.29, 1.82) is 10.5 Å². The first-order valence-corrected chi connectivity index (χ1v) is 10.8. The van der Waals surface area contributed by atoms with Crippen LogP contribution >= 0.6 is 11.5 Å². The first-order valence-electron chi connectivity index (χ1n) is 10.0. The zero-order valence-corrected chi connectivity index (χ0v) is 18.3. The van der Waals surface area contributed by atoms with Crippen LogP contribution in [-0.4, -0.2) is 19.9 Å². The van der Waals surface area contributed by atoms with Crippen LogP contribution in [0.4, 0.5) is 5.95 Å². The highest BCUT2D eigenvalue weighted by molar-refractivity contribution is 7.13. The molecule has 8 heteroatoms. The SMILES string of the molecule is Cc1cc(/C=C/C#N)cc(C)c1Oc1nc(NC23CC(C#N)(C2)C3)nc2snc(C)c12. The van der Waals surface area contributed by atoms with Crippen LogP contribution in [-0.2, 0) is 0 Å². The van der Waals surface area contributed by atoms with Crippen LogP contribution in [0, 0.1) is 48.8 Å². The van der Waals surface area contributed by atoms with E-state index in [1.807, 2.05) is 39.0 Å². The van der Waals surface area contributed by atoms with Crippen molar-refractivity contribution in [2.24, 2.45) is 5.41 Å². The molecule has 0 atom stereocenters. The highest BCUT2D eigenvalue weighted by Crippen LogP contribution is 2.67. The molecule has 0 unspecified atom stereocenters. The Bertz CT molecular complexity index is 1300. The maximum atomic E-state index is 9.28. The third kappa shape index (κ3) is 3.11. The first kappa shape index (κ1) is 19.5. The molecule has 2 bridgehead atoms. The van der Waals surface area contributed by atoms with Crippen LogP contribution in [0.2, 0.25) is 0 Å². The van der Waals surface area contributed by atoms with Gasteiger partial charge in [-0.05, 0) is 86.5 Å². The van der Waals surface area contributed by atoms with Crippen molar-refractivity contribution in [2.45, 2.75) is 45.6 Å². The second-order valence-corrected chi connectivity index (χ2v) is 9.43. The van der Waals surface area contributed by atoms with Crippen LogP contribution in [0.5, 0.6) is 11.6 Å². The van der Waals surface area contributed by atoms with Gasteiger partial charge in [0.1, 0.15) is 5.75 Å². The highest BCUT2D eigenvalue weighted by Gasteiger charge is 2.69. The Morgan fingerprint density at radius 1 is 1.13 bits per heavy atom. The number of nitriles is 2. The summed E-state index contributed by atoms with van der Waals surface area (Å²) in [5.41, 5.74) is 3.47. The minimum absolute atomic E-state index is 0.0685. The van der Waals surface area contributed by atoms with Gasteiger partial charge in [0.25, 0.3) is 0 Å². The fourth-order valence-corrected chi connectivity index (χ4v) is 5.60. The lowest BCUT2D eigenvalue weighted by atomic mass is 9.40. The third-order valence-corrected chi connectivity index (χ3v) is 6.98. The number of ether oxygens (including phenoxy) is 1. The molecule has 0 spiro atoms. The van der Waals surface area contributed by atoms with Crippen LogP contribution in [0.3, 0.4) is 0 Å². The Morgan fingerprint density at radius 3 is 2.48 bits per heavy atom. The molecule has 154 valence electrons. The van der Waals surface area contributed by atoms with Crippen molar-refractivity contribution >= 4 is 33.8 Å². The number of benzene rings is 1. The van der Waals surface area contributed by atoms with Crippen molar-refractivity contribution in [2.75, 3.05) is 5.32 Å². The van der Waals surface area contributed by atoms with Gasteiger partial charge in [0.05, 0.1) is 28.6 Å². The van der Waals surface area contributed by atoms with Gasteiger partial charge in [-0.1, -0.05) is 0 Å². The molecule has 7 nitrogen and oxygen atoms in total. The number of anilines is 1. The van der Waals surface area contributed by atoms with E-state index in [1.54, 1.807) is 6.08 Å². The smallest absolute Gasteiger partial charge is 0.234 e. The summed E-state index contributed by atoms with van der Waals surface area (Å²) in [5, 5.41) is 22.3. The van der Waals surface area contributed by atoms with E-state index in [-0.39, 0.29) is 11.0 Å². The minimum Gasteiger partial charge on any atom is -0.438 e. The molecule has 1 N–H and O–H groups in total. The number of hydrogen-bond acceptors (Lipinski definition) is 8. The Labute approximate surface area is 184 Å². The molecule has 31 heavy (non-hydrogen) atoms. The molecule has 3 saturated carbocycles. The van der Waals surface area contributed by atoms with Gasteiger partial charge in [0, 0.05) is 11.6 Å². The lowest BCUT2D eigenvalue weighted by molar-refractivity contribution is -0.0665. The third-order valence-electron chi connectivity index (χ3n) is 6.15. The molecule has 0 radical (unpaired) electrons. The van der Waals surface area contributed by atoms with Crippen LogP contribution < -0.4 is 10.1 Å². The molecule has 0 aliphatic heterocycles. The maximum Gasteiger partial charge on any atom is 0.234 e. The van der Waals surface area contributed by atoms with Gasteiger partial charge >= 0.3 is 0 Å². The number of hydrogen-bond donors (Lipinski definition) is 1. The number of fused-ring (bicyclic) bond motifs is 1. The summed E-state index contributed by atoms with van der Waals surface area (Å²) in [6.07, 6.45) is 5.75. The lowest BCUT2D eigenvalue weighted by Crippen LogP contribution is -2.70. The van der Waals surface area contributed by atoms with E-state index in [0.717, 1.165) is 57.6 Å². The van der Waals surface area contributed by atoms with Gasteiger partial charge < -0.3 is 10.1 Å². The van der Waals surface area contributed by atoms with Crippen molar-refractivity contribution in [3.8, 4) is 23.8 Å². The van der Waals surface area contributed by atoms with Gasteiger partial charge in [-0.3, -0.25) is 0 Å². The van der Waals surface area contributed by atoms with Gasteiger partial charge in [-0.25, -0.2) is 4.98 Å². The molecule has 6 rings (SSSR count). The van der Waals surface area contributed by atoms with Crippen molar-refractivity contribution in [3.63, 3.8) is 0 Å². The monoisotopic (exact) mass is 428 g/mol. The largest absolute Gasteiger partial charge is 0.438 e. The van der Waals surface area contributed by atoms with Crippen molar-refractivity contribution in [3.05, 3.63) is 40.6 Å². The fourth-order valence-electron chi connectivity index (χ4n) is 4.83. The van der Waals surface area contributed by atoms with Crippen LogP contribution in [0.15, 0.2) is 18.2 Å². The summed E-state index contributed by atoms with van der Waals surface area (Å²) in [4.78, 5) is 10.1. The van der Waals surface area contributed by atoms with E-state index >= 15 is 0 Å². The summed E-state index contributed by atoms with van der Waals surface area (Å²) in [6, 6.07) is 8.41. The molecule has 3 aliphatic rings. The first-order chi connectivity index (χ1) is 14.9. The van der Waals surface area contributed by atoms with Crippen molar-refractivity contribution < 1.29 is 4.74 Å². The summed E-state index contributed by atoms with van der Waals surface area (Å²) in [7, 11) is 0. The number of allylic oxidation sites excluding steroid dienone is 1. The average Bonchev–Trinajstić information content (AvgIpc) is 3.05. The summed E-state index contributed by atoms with van der Waals surface area (Å²) in [6.45, 7) is 5.88. The molecule has 3 fully saturated rings. The van der Waals surface area contributed by atoms with Gasteiger partial charge in [0.2, 0.25) is 11.8 Å². The molecule has 2 aromatic heterocycles. The molecule has 0 amide bonds. The van der Waals surface area contributed by atoms with E-state index < -0.39 is 0 Å². The predicted molar refractivity (Wildman–Crippen MR) is 119 cm³/mol. The second kappa shape index (κ2) is 6.76. The molecule has 0 saturated heterocycles. The fraction of sp³-hybridized carbons (Fsp3) is 0.348. The highest BCUT2D eigenvalue weighted by atomic mass is 32.1. The van der Waals surface area contributed by atoms with E-state index in [4.69, 9.17) is 15.0 Å². The summed E-state index contributed by atoms with van der Waals surface area (Å²) < 4.78 is 10.8. The zero-order valence-electron chi connectivity index (χ0n) is 17.5. The quantitative estimate of drug-likeness (QED) is 0.557. The maximum absolute atomic E-state index is 9.28. The number of rotatable bonds is 5. The Balaban J connectivity index is 1.50. The average molecular weight is 429 g/mol. The van der Waals surface area contributed by atoms with E-state index in [0.29, 0.717) is 11.8 Å². The van der Waals surface area contributed by atoms with E-state index in [9.17, 15) is 5.26 Å². The van der Waals surface area contributed by atoms with Gasteiger partial charge in [0.15, 0.2) is 4.83 Å². The van der Waals surface area contributed by atoms with E-state index in [1.165, 1.54) is 17.6 Å². The minimum atomic E-state index is -0.145. The number of nitrogens with zero attached hydrogens (tertiary/aromatic N) is 5. The lowest BCUT2D eigenvalue weighted by Gasteiger charge is -2.66. The van der Waals surface area contributed by atoms with E-state index in [2.05, 4.69) is 20.7 Å². The van der Waals surface area contributed by atoms with Gasteiger partial charge in [-0.2, -0.15) is 19.9 Å². The molecule has 3 aliphatic carbocycles. The Morgan fingerprint density at radius 2 is 1.84 bits per heavy atom. The van der Waals surface area contributed by atoms with Crippen LogP contribution in [0.25, 0.3) is 16.3 Å². The topological polar surface area (TPSA) is 108 Å². The summed E-state index contributed by atoms with van der Waals surface area (Å²) >= 11 is 1.33. The predicted octanol–water partition coefficient (Wildman–Crippen LogP) is 5.20. The molecule has 2 heterocycles. The molecule has 1 aromatic carbocycles. The second-order valence-electron chi connectivity index (χ2n) is 8.68. The molecular weight excluding hydrogens is 408 g/mol. The molecular formula is C23H20N6OS. The Hall–Kier alpha value is -3.49. The van der Waals surface area contributed by atoms with Crippen molar-refractivity contribution in [1.82, 2.24) is 14.3 Å². The number of nitrogens with one attached hydrogen (secondary N) is 1. The zero-order chi connectivity index (χ0) is 21.8. The van der Waals surface area contributed by atoms with Crippen LogP contribution in [0.1, 0.15) is 41.6 Å². The number of aryl methyl sites for hydroxylation is 3. The summed E-state index contributed by atoms with van der Waals surface area (Å²) in [5.74, 6) is 1.73. The standard InChI is InChI=1S/C23H20N6OS/c1-13-7-16(5-4-6-24)8-14(2)18(13)30-19-17-15(3)29-31-20(17)27-21(26-19)28-23-9-22(10-23,11-23)12-25/h4-5,7-8H,9-11H2,1-3H3,(H,26,27,28)/b5-4+.